The third-order valence-corrected chi connectivity index (χ3v) is 6.22. The number of rotatable bonds is 4. The number of aromatic nitrogens is 2. The number of ketones is 1. The summed E-state index contributed by atoms with van der Waals surface area (Å²) in [6.07, 6.45) is 2.87. The predicted octanol–water partition coefficient (Wildman–Crippen LogP) is 2.25. The lowest BCUT2D eigenvalue weighted by Crippen LogP contribution is -2.49. The van der Waals surface area contributed by atoms with Crippen LogP contribution in [0.5, 0.6) is 0 Å². The van der Waals surface area contributed by atoms with Crippen molar-refractivity contribution in [2.75, 3.05) is 6.54 Å². The molecule has 4 rings (SSSR count). The van der Waals surface area contributed by atoms with E-state index in [9.17, 15) is 19.6 Å². The molecule has 2 fully saturated rings. The SMILES string of the molecule is CC1CCC2(CC1)NC(=O)N(CC(=O)C(C#N)c1nc3ccccc3n1C)C2=O. The van der Waals surface area contributed by atoms with E-state index in [0.29, 0.717) is 30.1 Å². The number of imide groups is 1. The summed E-state index contributed by atoms with van der Waals surface area (Å²) < 4.78 is 1.71. The van der Waals surface area contributed by atoms with E-state index < -0.39 is 29.8 Å². The summed E-state index contributed by atoms with van der Waals surface area (Å²) in [5.41, 5.74) is 0.591. The predicted molar refractivity (Wildman–Crippen MR) is 105 cm³/mol. The number of benzene rings is 1. The van der Waals surface area contributed by atoms with Crippen molar-refractivity contribution in [3.63, 3.8) is 0 Å². The zero-order valence-electron chi connectivity index (χ0n) is 16.5. The van der Waals surface area contributed by atoms with Gasteiger partial charge >= 0.3 is 6.03 Å². The smallest absolute Gasteiger partial charge is 0.325 e. The molecule has 1 saturated carbocycles. The Bertz CT molecular complexity index is 1040. The number of carbonyl (C=O) groups is 3. The minimum atomic E-state index is -1.16. The summed E-state index contributed by atoms with van der Waals surface area (Å²) in [6.45, 7) is 1.70. The first kappa shape index (κ1) is 19.1. The number of para-hydroxylation sites is 2. The Kier molecular flexibility index (Phi) is 4.61. The average Bonchev–Trinajstić information content (AvgIpc) is 3.15. The summed E-state index contributed by atoms with van der Waals surface area (Å²) in [5.74, 6) is -1.20. The quantitative estimate of drug-likeness (QED) is 0.802. The number of hydrogen-bond donors (Lipinski definition) is 1. The van der Waals surface area contributed by atoms with Gasteiger partial charge in [-0.2, -0.15) is 5.26 Å². The van der Waals surface area contributed by atoms with E-state index in [1.165, 1.54) is 0 Å². The van der Waals surface area contributed by atoms with E-state index in [1.807, 2.05) is 30.3 Å². The summed E-state index contributed by atoms with van der Waals surface area (Å²) >= 11 is 0. The fourth-order valence-corrected chi connectivity index (χ4v) is 4.36. The number of nitrogens with zero attached hydrogens (tertiary/aromatic N) is 4. The van der Waals surface area contributed by atoms with Gasteiger partial charge in [0.05, 0.1) is 23.6 Å². The number of Topliss-reactive ketones (excluding diaryl/α,β-unsaturated/α-hetero) is 1. The van der Waals surface area contributed by atoms with Crippen molar-refractivity contribution in [2.24, 2.45) is 13.0 Å². The summed E-state index contributed by atoms with van der Waals surface area (Å²) in [5, 5.41) is 12.5. The maximum Gasteiger partial charge on any atom is 0.325 e. The van der Waals surface area contributed by atoms with Gasteiger partial charge in [-0.25, -0.2) is 9.78 Å². The second-order valence-electron chi connectivity index (χ2n) is 8.13. The Labute approximate surface area is 168 Å². The zero-order chi connectivity index (χ0) is 20.8. The highest BCUT2D eigenvalue weighted by Gasteiger charge is 2.52. The second kappa shape index (κ2) is 6.99. The maximum atomic E-state index is 13.0. The van der Waals surface area contributed by atoms with Crippen molar-refractivity contribution in [3.8, 4) is 6.07 Å². The molecular weight excluding hydrogens is 370 g/mol. The number of imidazole rings is 1. The molecule has 1 saturated heterocycles. The monoisotopic (exact) mass is 393 g/mol. The van der Waals surface area contributed by atoms with Crippen molar-refractivity contribution in [1.29, 1.82) is 5.26 Å². The van der Waals surface area contributed by atoms with Crippen LogP contribution in [0.3, 0.4) is 0 Å². The third kappa shape index (κ3) is 3.07. The van der Waals surface area contributed by atoms with Crippen LogP contribution in [0.2, 0.25) is 0 Å². The first-order valence-corrected chi connectivity index (χ1v) is 9.84. The number of aryl methyl sites for hydroxylation is 1. The number of fused-ring (bicyclic) bond motifs is 1. The zero-order valence-corrected chi connectivity index (χ0v) is 16.5. The number of nitriles is 1. The fraction of sp³-hybridized carbons (Fsp3) is 0.476. The van der Waals surface area contributed by atoms with E-state index in [0.717, 1.165) is 23.3 Å². The molecular formula is C21H23N5O3. The maximum absolute atomic E-state index is 13.0. The van der Waals surface area contributed by atoms with Crippen molar-refractivity contribution >= 4 is 28.8 Å². The number of amides is 3. The normalized spacial score (nSPS) is 25.3. The van der Waals surface area contributed by atoms with Gasteiger partial charge in [0.15, 0.2) is 11.7 Å². The van der Waals surface area contributed by atoms with Gasteiger partial charge in [0.1, 0.15) is 11.4 Å². The first-order valence-electron chi connectivity index (χ1n) is 9.84. The molecule has 1 N–H and O–H groups in total. The number of carbonyl (C=O) groups excluding carboxylic acids is 3. The Balaban J connectivity index is 1.56. The minimum absolute atomic E-state index is 0.312. The van der Waals surface area contributed by atoms with E-state index >= 15 is 0 Å². The van der Waals surface area contributed by atoms with E-state index in [1.54, 1.807) is 11.6 Å². The molecule has 1 atom stereocenters. The van der Waals surface area contributed by atoms with Crippen LogP contribution in [-0.4, -0.2) is 44.3 Å². The van der Waals surface area contributed by atoms with Crippen LogP contribution in [0, 0.1) is 17.2 Å². The highest BCUT2D eigenvalue weighted by Crippen LogP contribution is 2.36. The van der Waals surface area contributed by atoms with Crippen molar-refractivity contribution in [1.82, 2.24) is 19.8 Å². The lowest BCUT2D eigenvalue weighted by molar-refractivity contribution is -0.135. The van der Waals surface area contributed by atoms with Gasteiger partial charge in [-0.3, -0.25) is 14.5 Å². The van der Waals surface area contributed by atoms with Crippen molar-refractivity contribution < 1.29 is 14.4 Å². The Morgan fingerprint density at radius 3 is 2.69 bits per heavy atom. The average molecular weight is 393 g/mol. The summed E-state index contributed by atoms with van der Waals surface area (Å²) in [4.78, 5) is 43.8. The lowest BCUT2D eigenvalue weighted by atomic mass is 9.77. The summed E-state index contributed by atoms with van der Waals surface area (Å²) in [6, 6.07) is 8.80. The molecule has 3 amide bonds. The van der Waals surface area contributed by atoms with Gasteiger partial charge < -0.3 is 9.88 Å². The highest BCUT2D eigenvalue weighted by molar-refractivity contribution is 6.10. The van der Waals surface area contributed by atoms with E-state index in [2.05, 4.69) is 17.2 Å². The highest BCUT2D eigenvalue weighted by atomic mass is 16.2. The van der Waals surface area contributed by atoms with Crippen LogP contribution >= 0.6 is 0 Å². The Morgan fingerprint density at radius 1 is 1.34 bits per heavy atom. The molecule has 0 radical (unpaired) electrons. The minimum Gasteiger partial charge on any atom is -0.330 e. The van der Waals surface area contributed by atoms with Crippen LogP contribution in [0.4, 0.5) is 4.79 Å². The molecule has 8 heteroatoms. The van der Waals surface area contributed by atoms with Crippen LogP contribution in [0.1, 0.15) is 44.3 Å². The molecule has 150 valence electrons. The third-order valence-electron chi connectivity index (χ3n) is 6.22. The first-order chi connectivity index (χ1) is 13.9. The molecule has 2 aliphatic rings. The topological polar surface area (TPSA) is 108 Å². The Hall–Kier alpha value is -3.21. The molecule has 0 bridgehead atoms. The molecule has 1 unspecified atom stereocenters. The molecule has 2 heterocycles. The van der Waals surface area contributed by atoms with E-state index in [4.69, 9.17) is 0 Å². The molecule has 29 heavy (non-hydrogen) atoms. The lowest BCUT2D eigenvalue weighted by Gasteiger charge is -2.33. The molecule has 1 aliphatic carbocycles. The van der Waals surface area contributed by atoms with Crippen molar-refractivity contribution in [2.45, 2.75) is 44.1 Å². The molecule has 1 aliphatic heterocycles. The number of urea groups is 1. The Morgan fingerprint density at radius 2 is 2.03 bits per heavy atom. The van der Waals surface area contributed by atoms with Crippen LogP contribution < -0.4 is 5.32 Å². The molecule has 8 nitrogen and oxygen atoms in total. The van der Waals surface area contributed by atoms with Crippen LogP contribution in [0.15, 0.2) is 24.3 Å². The van der Waals surface area contributed by atoms with Gasteiger partial charge in [0.25, 0.3) is 5.91 Å². The molecule has 1 aromatic carbocycles. The van der Waals surface area contributed by atoms with Gasteiger partial charge in [-0.15, -0.1) is 0 Å². The fourth-order valence-electron chi connectivity index (χ4n) is 4.36. The van der Waals surface area contributed by atoms with E-state index in [-0.39, 0.29) is 5.91 Å². The van der Waals surface area contributed by atoms with Gasteiger partial charge in [0.2, 0.25) is 0 Å². The van der Waals surface area contributed by atoms with Crippen molar-refractivity contribution in [3.05, 3.63) is 30.1 Å². The van der Waals surface area contributed by atoms with Gasteiger partial charge in [0, 0.05) is 7.05 Å². The van der Waals surface area contributed by atoms with Gasteiger partial charge in [-0.1, -0.05) is 19.1 Å². The molecule has 1 spiro atoms. The van der Waals surface area contributed by atoms with Crippen LogP contribution in [0.25, 0.3) is 11.0 Å². The molecule has 1 aromatic heterocycles. The second-order valence-corrected chi connectivity index (χ2v) is 8.13. The summed E-state index contributed by atoms with van der Waals surface area (Å²) in [7, 11) is 1.74. The molecule has 2 aromatic rings. The van der Waals surface area contributed by atoms with Gasteiger partial charge in [-0.05, 0) is 43.7 Å². The van der Waals surface area contributed by atoms with Crippen LogP contribution in [-0.2, 0) is 16.6 Å². The number of nitrogens with one attached hydrogen (secondary N) is 1. The standard InChI is InChI=1S/C21H23N5O3/c1-13-7-9-21(10-8-13)19(28)26(20(29)24-21)12-17(27)14(11-22)18-23-15-5-3-4-6-16(15)25(18)2/h3-6,13-14H,7-10,12H2,1-2H3,(H,24,29). The largest absolute Gasteiger partial charge is 0.330 e. The number of hydrogen-bond acceptors (Lipinski definition) is 5.